The van der Waals surface area contributed by atoms with Crippen LogP contribution in [0.3, 0.4) is 0 Å². The molecule has 3 fully saturated rings. The Morgan fingerprint density at radius 1 is 0.950 bits per heavy atom. The fourth-order valence-corrected chi connectivity index (χ4v) is 3.38. The van der Waals surface area contributed by atoms with Gasteiger partial charge in [-0.3, -0.25) is 9.80 Å². The molecule has 0 aromatic carbocycles. The van der Waals surface area contributed by atoms with E-state index in [1.54, 1.807) is 0 Å². The van der Waals surface area contributed by atoms with Crippen LogP contribution < -0.4 is 5.32 Å². The highest BCUT2D eigenvalue weighted by atomic mass is 19.4. The van der Waals surface area contributed by atoms with Gasteiger partial charge >= 0.3 is 6.18 Å². The third-order valence-corrected chi connectivity index (χ3v) is 4.90. The van der Waals surface area contributed by atoms with Crippen molar-refractivity contribution < 1.29 is 13.2 Å². The molecule has 0 bridgehead atoms. The number of alkyl halides is 3. The van der Waals surface area contributed by atoms with E-state index in [1.165, 1.54) is 30.6 Å². The van der Waals surface area contributed by atoms with Gasteiger partial charge in [0, 0.05) is 38.3 Å². The van der Waals surface area contributed by atoms with Crippen molar-refractivity contribution in [2.24, 2.45) is 5.92 Å². The van der Waals surface area contributed by atoms with Crippen molar-refractivity contribution >= 4 is 0 Å². The molecule has 2 aliphatic carbocycles. The third-order valence-electron chi connectivity index (χ3n) is 4.90. The highest BCUT2D eigenvalue weighted by Gasteiger charge is 2.38. The molecular weight excluding hydrogens is 267 g/mol. The summed E-state index contributed by atoms with van der Waals surface area (Å²) in [4.78, 5) is 3.95. The Labute approximate surface area is 118 Å². The summed E-state index contributed by atoms with van der Waals surface area (Å²) < 4.78 is 37.1. The first kappa shape index (κ1) is 14.6. The number of nitrogens with zero attached hydrogens (tertiary/aromatic N) is 2. The Morgan fingerprint density at radius 2 is 1.65 bits per heavy atom. The molecule has 1 saturated heterocycles. The number of halogens is 3. The number of hydrogen-bond acceptors (Lipinski definition) is 3. The van der Waals surface area contributed by atoms with Crippen molar-refractivity contribution in [3.05, 3.63) is 0 Å². The second-order valence-corrected chi connectivity index (χ2v) is 6.51. The molecule has 3 aliphatic rings. The van der Waals surface area contributed by atoms with Crippen LogP contribution in [0, 0.1) is 5.92 Å². The topological polar surface area (TPSA) is 18.5 Å². The summed E-state index contributed by atoms with van der Waals surface area (Å²) in [5.74, 6) is 0.713. The minimum Gasteiger partial charge on any atom is -0.314 e. The van der Waals surface area contributed by atoms with Crippen molar-refractivity contribution in [2.75, 3.05) is 39.3 Å². The molecule has 2 saturated carbocycles. The lowest BCUT2D eigenvalue weighted by Gasteiger charge is -2.48. The summed E-state index contributed by atoms with van der Waals surface area (Å²) in [6, 6.07) is 1.36. The summed E-state index contributed by atoms with van der Waals surface area (Å²) in [5, 5.41) is 3.58. The highest BCUT2D eigenvalue weighted by molar-refractivity contribution is 4.93. The summed E-state index contributed by atoms with van der Waals surface area (Å²) in [6.07, 6.45) is 1.06. The molecule has 3 rings (SSSR count). The van der Waals surface area contributed by atoms with E-state index >= 15 is 0 Å². The number of rotatable bonds is 5. The van der Waals surface area contributed by atoms with E-state index in [2.05, 4.69) is 10.2 Å². The zero-order valence-electron chi connectivity index (χ0n) is 11.8. The maximum absolute atomic E-state index is 12.4. The van der Waals surface area contributed by atoms with Gasteiger partial charge in [-0.05, 0) is 38.1 Å². The summed E-state index contributed by atoms with van der Waals surface area (Å²) in [7, 11) is 0. The van der Waals surface area contributed by atoms with Crippen LogP contribution in [-0.2, 0) is 0 Å². The third kappa shape index (κ3) is 3.86. The molecule has 0 aromatic rings. The Balaban J connectivity index is 1.39. The zero-order valence-corrected chi connectivity index (χ0v) is 11.8. The zero-order chi connectivity index (χ0) is 14.2. The molecule has 3 nitrogen and oxygen atoms in total. The van der Waals surface area contributed by atoms with Gasteiger partial charge in [0.2, 0.25) is 0 Å². The first-order chi connectivity index (χ1) is 9.51. The first-order valence-electron chi connectivity index (χ1n) is 7.78. The van der Waals surface area contributed by atoms with Crippen molar-refractivity contribution in [3.8, 4) is 0 Å². The average molecular weight is 291 g/mol. The summed E-state index contributed by atoms with van der Waals surface area (Å²) in [6.45, 7) is 3.04. The summed E-state index contributed by atoms with van der Waals surface area (Å²) >= 11 is 0. The molecule has 1 heterocycles. The van der Waals surface area contributed by atoms with Crippen LogP contribution in [0.5, 0.6) is 0 Å². The molecule has 2 atom stereocenters. The van der Waals surface area contributed by atoms with E-state index in [4.69, 9.17) is 0 Å². The van der Waals surface area contributed by atoms with E-state index < -0.39 is 12.7 Å². The fraction of sp³-hybridized carbons (Fsp3) is 1.00. The van der Waals surface area contributed by atoms with Gasteiger partial charge in [0.1, 0.15) is 0 Å². The number of hydrogen-bond donors (Lipinski definition) is 1. The number of piperazine rings is 1. The maximum Gasteiger partial charge on any atom is 0.401 e. The molecule has 1 N–H and O–H groups in total. The average Bonchev–Trinajstić information content (AvgIpc) is 3.12. The largest absolute Gasteiger partial charge is 0.401 e. The monoisotopic (exact) mass is 291 g/mol. The molecule has 0 aromatic heterocycles. The molecule has 6 heteroatoms. The molecule has 2 unspecified atom stereocenters. The smallest absolute Gasteiger partial charge is 0.314 e. The molecular formula is C14H24F3N3. The lowest BCUT2D eigenvalue weighted by Crippen LogP contribution is -2.57. The predicted molar refractivity (Wildman–Crippen MR) is 71.6 cm³/mol. The van der Waals surface area contributed by atoms with Gasteiger partial charge in [-0.2, -0.15) is 13.2 Å². The van der Waals surface area contributed by atoms with Gasteiger partial charge in [-0.25, -0.2) is 0 Å². The van der Waals surface area contributed by atoms with Crippen LogP contribution in [0.25, 0.3) is 0 Å². The molecule has 1 aliphatic heterocycles. The van der Waals surface area contributed by atoms with Gasteiger partial charge in [0.05, 0.1) is 6.54 Å². The minimum atomic E-state index is -4.06. The van der Waals surface area contributed by atoms with Crippen LogP contribution >= 0.6 is 0 Å². The van der Waals surface area contributed by atoms with Crippen LogP contribution in [0.15, 0.2) is 0 Å². The lowest BCUT2D eigenvalue weighted by atomic mass is 9.78. The molecule has 20 heavy (non-hydrogen) atoms. The lowest BCUT2D eigenvalue weighted by molar-refractivity contribution is -0.150. The van der Waals surface area contributed by atoms with Crippen molar-refractivity contribution in [1.29, 1.82) is 0 Å². The molecule has 0 radical (unpaired) electrons. The van der Waals surface area contributed by atoms with Crippen LogP contribution in [0.1, 0.15) is 25.7 Å². The second-order valence-electron chi connectivity index (χ2n) is 6.51. The molecule has 0 spiro atoms. The van der Waals surface area contributed by atoms with Crippen LogP contribution in [0.2, 0.25) is 0 Å². The standard InChI is InChI=1S/C14H24F3N3/c15-14(16,17)10-19-5-7-20(8-6-19)13-4-1-11(13)9-18-12-2-3-12/h11-13,18H,1-10H2. The number of nitrogens with one attached hydrogen (secondary N) is 1. The van der Waals surface area contributed by atoms with Crippen molar-refractivity contribution in [1.82, 2.24) is 15.1 Å². The quantitative estimate of drug-likeness (QED) is 0.832. The highest BCUT2D eigenvalue weighted by Crippen LogP contribution is 2.33. The van der Waals surface area contributed by atoms with Gasteiger partial charge in [0.25, 0.3) is 0 Å². The maximum atomic E-state index is 12.4. The Hall–Kier alpha value is -0.330. The molecule has 116 valence electrons. The van der Waals surface area contributed by atoms with E-state index in [0.717, 1.165) is 25.7 Å². The van der Waals surface area contributed by atoms with Gasteiger partial charge < -0.3 is 5.32 Å². The van der Waals surface area contributed by atoms with E-state index in [9.17, 15) is 13.2 Å². The van der Waals surface area contributed by atoms with Gasteiger partial charge in [-0.15, -0.1) is 0 Å². The van der Waals surface area contributed by atoms with E-state index in [0.29, 0.717) is 25.0 Å². The summed E-state index contributed by atoms with van der Waals surface area (Å²) in [5.41, 5.74) is 0. The SMILES string of the molecule is FC(F)(F)CN1CCN(C2CCC2CNC2CC2)CC1. The van der Waals surface area contributed by atoms with Gasteiger partial charge in [-0.1, -0.05) is 0 Å². The van der Waals surface area contributed by atoms with Crippen molar-refractivity contribution in [3.63, 3.8) is 0 Å². The van der Waals surface area contributed by atoms with E-state index in [1.807, 2.05) is 0 Å². The Bertz CT molecular complexity index is 322. The van der Waals surface area contributed by atoms with Crippen LogP contribution in [-0.4, -0.2) is 67.3 Å². The Kier molecular flexibility index (Phi) is 4.24. The minimum absolute atomic E-state index is 0.554. The van der Waals surface area contributed by atoms with Crippen molar-refractivity contribution in [2.45, 2.75) is 43.9 Å². The fourth-order valence-electron chi connectivity index (χ4n) is 3.38. The van der Waals surface area contributed by atoms with Gasteiger partial charge in [0.15, 0.2) is 0 Å². The molecule has 0 amide bonds. The normalized spacial score (nSPS) is 33.1. The Morgan fingerprint density at radius 3 is 2.15 bits per heavy atom. The van der Waals surface area contributed by atoms with Crippen LogP contribution in [0.4, 0.5) is 13.2 Å². The van der Waals surface area contributed by atoms with E-state index in [-0.39, 0.29) is 0 Å². The first-order valence-corrected chi connectivity index (χ1v) is 7.78. The predicted octanol–water partition coefficient (Wildman–Crippen LogP) is 1.70. The second kappa shape index (κ2) is 5.81.